The van der Waals surface area contributed by atoms with Crippen molar-refractivity contribution >= 4 is 11.8 Å². The average molecular weight is 395 g/mol. The topological polar surface area (TPSA) is 61.9 Å². The highest BCUT2D eigenvalue weighted by atomic mass is 19.3. The minimum Gasteiger partial charge on any atom is -0.434 e. The molecule has 0 spiro atoms. The van der Waals surface area contributed by atoms with E-state index in [4.69, 9.17) is 0 Å². The Kier molecular flexibility index (Phi) is 6.83. The maximum atomic E-state index is 12.9. The van der Waals surface area contributed by atoms with Crippen molar-refractivity contribution in [1.82, 2.24) is 15.1 Å². The van der Waals surface area contributed by atoms with E-state index in [1.807, 2.05) is 11.9 Å². The standard InChI is InChI=1S/C20H27F2N3O3/c1-23-11-14-8-10-25(12-14)18(26)15-5-4-9-24(13-15)19(27)16-6-2-3-7-17(16)28-20(21)22/h2-3,6-7,14-15,20,23H,4-5,8-13H2,1H3. The Morgan fingerprint density at radius 1 is 1.18 bits per heavy atom. The number of hydrogen-bond donors (Lipinski definition) is 1. The zero-order valence-electron chi connectivity index (χ0n) is 16.1. The van der Waals surface area contributed by atoms with Crippen LogP contribution in [0.25, 0.3) is 0 Å². The van der Waals surface area contributed by atoms with Crippen LogP contribution in [0, 0.1) is 11.8 Å². The molecule has 2 amide bonds. The second-order valence-corrected chi connectivity index (χ2v) is 7.46. The van der Waals surface area contributed by atoms with E-state index in [2.05, 4.69) is 10.1 Å². The number of nitrogens with one attached hydrogen (secondary N) is 1. The highest BCUT2D eigenvalue weighted by molar-refractivity contribution is 5.97. The van der Waals surface area contributed by atoms with Crippen LogP contribution in [0.1, 0.15) is 29.6 Å². The summed E-state index contributed by atoms with van der Waals surface area (Å²) in [6.45, 7) is 0.211. The molecule has 28 heavy (non-hydrogen) atoms. The van der Waals surface area contributed by atoms with Gasteiger partial charge in [0.05, 0.1) is 11.5 Å². The predicted octanol–water partition coefficient (Wildman–Crippen LogP) is 2.21. The van der Waals surface area contributed by atoms with Crippen LogP contribution in [0.3, 0.4) is 0 Å². The number of halogens is 2. The van der Waals surface area contributed by atoms with Gasteiger partial charge in [0.25, 0.3) is 5.91 Å². The first-order valence-corrected chi connectivity index (χ1v) is 9.76. The Balaban J connectivity index is 1.65. The second-order valence-electron chi connectivity index (χ2n) is 7.46. The molecule has 1 aromatic carbocycles. The monoisotopic (exact) mass is 395 g/mol. The van der Waals surface area contributed by atoms with Crippen molar-refractivity contribution in [3.05, 3.63) is 29.8 Å². The fourth-order valence-corrected chi connectivity index (χ4v) is 4.12. The van der Waals surface area contributed by atoms with Crippen molar-refractivity contribution in [2.75, 3.05) is 39.8 Å². The average Bonchev–Trinajstić information content (AvgIpc) is 3.16. The fraction of sp³-hybridized carbons (Fsp3) is 0.600. The van der Waals surface area contributed by atoms with Gasteiger partial charge in [-0.2, -0.15) is 8.78 Å². The van der Waals surface area contributed by atoms with Gasteiger partial charge in [-0.1, -0.05) is 12.1 Å². The van der Waals surface area contributed by atoms with Gasteiger partial charge in [0.2, 0.25) is 5.91 Å². The van der Waals surface area contributed by atoms with Crippen LogP contribution in [-0.4, -0.2) is 68.0 Å². The van der Waals surface area contributed by atoms with Gasteiger partial charge >= 0.3 is 6.61 Å². The molecule has 2 aliphatic rings. The highest BCUT2D eigenvalue weighted by Gasteiger charge is 2.35. The third-order valence-electron chi connectivity index (χ3n) is 5.48. The van der Waals surface area contributed by atoms with Gasteiger partial charge in [0.1, 0.15) is 5.75 Å². The number of nitrogens with zero attached hydrogens (tertiary/aromatic N) is 2. The number of benzene rings is 1. The lowest BCUT2D eigenvalue weighted by atomic mass is 9.95. The van der Waals surface area contributed by atoms with Crippen LogP contribution < -0.4 is 10.1 Å². The molecule has 154 valence electrons. The Morgan fingerprint density at radius 2 is 1.96 bits per heavy atom. The Labute approximate surface area is 163 Å². The first kappa shape index (κ1) is 20.5. The third kappa shape index (κ3) is 4.79. The molecule has 6 nitrogen and oxygen atoms in total. The number of para-hydroxylation sites is 1. The number of carbonyl (C=O) groups excluding carboxylic acids is 2. The van der Waals surface area contributed by atoms with Crippen LogP contribution in [0.5, 0.6) is 5.75 Å². The van der Waals surface area contributed by atoms with Gasteiger partial charge in [-0.15, -0.1) is 0 Å². The molecule has 1 aromatic rings. The molecule has 0 aliphatic carbocycles. The second kappa shape index (κ2) is 9.32. The summed E-state index contributed by atoms with van der Waals surface area (Å²) in [7, 11) is 1.91. The first-order chi connectivity index (χ1) is 13.5. The molecule has 0 bridgehead atoms. The number of likely N-dealkylation sites (tertiary alicyclic amines) is 2. The molecule has 2 atom stereocenters. The summed E-state index contributed by atoms with van der Waals surface area (Å²) in [4.78, 5) is 29.3. The highest BCUT2D eigenvalue weighted by Crippen LogP contribution is 2.27. The van der Waals surface area contributed by atoms with Crippen molar-refractivity contribution in [3.8, 4) is 5.75 Å². The number of hydrogen-bond acceptors (Lipinski definition) is 4. The van der Waals surface area contributed by atoms with Gasteiger partial charge in [-0.25, -0.2) is 0 Å². The van der Waals surface area contributed by atoms with E-state index in [9.17, 15) is 18.4 Å². The number of piperidine rings is 1. The molecule has 0 aromatic heterocycles. The molecule has 0 radical (unpaired) electrons. The molecule has 2 heterocycles. The SMILES string of the molecule is CNCC1CCN(C(=O)C2CCCN(C(=O)c3ccccc3OC(F)F)C2)C1. The molecular formula is C20H27F2N3O3. The summed E-state index contributed by atoms with van der Waals surface area (Å²) in [5.41, 5.74) is 0.103. The molecule has 2 unspecified atom stereocenters. The number of amides is 2. The zero-order chi connectivity index (χ0) is 20.1. The zero-order valence-corrected chi connectivity index (χ0v) is 16.1. The first-order valence-electron chi connectivity index (χ1n) is 9.76. The predicted molar refractivity (Wildman–Crippen MR) is 100 cm³/mol. The summed E-state index contributed by atoms with van der Waals surface area (Å²) >= 11 is 0. The Bertz CT molecular complexity index is 701. The van der Waals surface area contributed by atoms with Gasteiger partial charge in [0, 0.05) is 26.2 Å². The molecule has 2 fully saturated rings. The molecule has 0 saturated carbocycles. The smallest absolute Gasteiger partial charge is 0.387 e. The van der Waals surface area contributed by atoms with E-state index in [-0.39, 0.29) is 29.0 Å². The Hall–Kier alpha value is -2.22. The summed E-state index contributed by atoms with van der Waals surface area (Å²) in [5, 5.41) is 3.15. The maximum Gasteiger partial charge on any atom is 0.387 e. The van der Waals surface area contributed by atoms with Crippen molar-refractivity contribution < 1.29 is 23.1 Å². The molecule has 3 rings (SSSR count). The lowest BCUT2D eigenvalue weighted by Crippen LogP contribution is -2.46. The van der Waals surface area contributed by atoms with Crippen LogP contribution in [-0.2, 0) is 4.79 Å². The lowest BCUT2D eigenvalue weighted by molar-refractivity contribution is -0.136. The number of rotatable bonds is 6. The van der Waals surface area contributed by atoms with Crippen LogP contribution in [0.15, 0.2) is 24.3 Å². The molecule has 1 N–H and O–H groups in total. The summed E-state index contributed by atoms with van der Waals surface area (Å²) in [6.07, 6.45) is 2.44. The van der Waals surface area contributed by atoms with Gasteiger partial charge in [-0.3, -0.25) is 9.59 Å². The van der Waals surface area contributed by atoms with Crippen LogP contribution >= 0.6 is 0 Å². The van der Waals surface area contributed by atoms with E-state index < -0.39 is 6.61 Å². The summed E-state index contributed by atoms with van der Waals surface area (Å²) in [5.74, 6) is -0.190. The van der Waals surface area contributed by atoms with Crippen molar-refractivity contribution in [1.29, 1.82) is 0 Å². The third-order valence-corrected chi connectivity index (χ3v) is 5.48. The fourth-order valence-electron chi connectivity index (χ4n) is 4.12. The van der Waals surface area contributed by atoms with Crippen molar-refractivity contribution in [2.24, 2.45) is 11.8 Å². The normalized spacial score (nSPS) is 22.6. The molecule has 2 saturated heterocycles. The number of carbonyl (C=O) groups is 2. The van der Waals surface area contributed by atoms with E-state index in [0.29, 0.717) is 25.4 Å². The van der Waals surface area contributed by atoms with E-state index in [1.165, 1.54) is 12.1 Å². The minimum atomic E-state index is -3.00. The molecule has 2 aliphatic heterocycles. The van der Waals surface area contributed by atoms with E-state index >= 15 is 0 Å². The van der Waals surface area contributed by atoms with Gasteiger partial charge in [0.15, 0.2) is 0 Å². The lowest BCUT2D eigenvalue weighted by Gasteiger charge is -2.34. The van der Waals surface area contributed by atoms with Gasteiger partial charge < -0.3 is 19.9 Å². The molecule has 8 heteroatoms. The summed E-state index contributed by atoms with van der Waals surface area (Å²) in [6, 6.07) is 6.00. The minimum absolute atomic E-state index is 0.0909. The molecular weight excluding hydrogens is 368 g/mol. The van der Waals surface area contributed by atoms with Crippen molar-refractivity contribution in [3.63, 3.8) is 0 Å². The van der Waals surface area contributed by atoms with Crippen molar-refractivity contribution in [2.45, 2.75) is 25.9 Å². The number of alkyl halides is 2. The Morgan fingerprint density at radius 3 is 2.71 bits per heavy atom. The van der Waals surface area contributed by atoms with E-state index in [1.54, 1.807) is 17.0 Å². The quantitative estimate of drug-likeness (QED) is 0.802. The maximum absolute atomic E-state index is 12.9. The summed E-state index contributed by atoms with van der Waals surface area (Å²) < 4.78 is 29.7. The van der Waals surface area contributed by atoms with E-state index in [0.717, 1.165) is 32.5 Å². The largest absolute Gasteiger partial charge is 0.434 e. The van der Waals surface area contributed by atoms with Gasteiger partial charge in [-0.05, 0) is 50.9 Å². The van der Waals surface area contributed by atoms with Crippen LogP contribution in [0.2, 0.25) is 0 Å². The number of ether oxygens (including phenoxy) is 1. The van der Waals surface area contributed by atoms with Crippen LogP contribution in [0.4, 0.5) is 8.78 Å².